The Morgan fingerprint density at radius 1 is 0.271 bits per heavy atom. The second-order valence-electron chi connectivity index (χ2n) is 18.2. The van der Waals surface area contributed by atoms with E-state index in [9.17, 15) is 0 Å². The Bertz CT molecular complexity index is 446. The van der Waals surface area contributed by atoms with Crippen molar-refractivity contribution in [2.45, 2.75) is 209 Å². The van der Waals surface area contributed by atoms with Gasteiger partial charge in [-0.1, -0.05) is 176 Å². The third-order valence-electron chi connectivity index (χ3n) is 6.97. The average molecular weight is 689 g/mol. The molecule has 0 saturated heterocycles. The van der Waals surface area contributed by atoms with Crippen LogP contribution in [-0.2, 0) is 14.2 Å². The molecule has 0 aliphatic carbocycles. The molecule has 0 aliphatic rings. The maximum absolute atomic E-state index is 5.41. The van der Waals surface area contributed by atoms with Crippen LogP contribution in [0.5, 0.6) is 0 Å². The highest BCUT2D eigenvalue weighted by atomic mass is 16.5. The van der Waals surface area contributed by atoms with E-state index in [1.807, 2.05) is 0 Å². The van der Waals surface area contributed by atoms with Crippen LogP contribution in [0.15, 0.2) is 0 Å². The number of rotatable bonds is 23. The molecule has 0 N–H and O–H groups in total. The van der Waals surface area contributed by atoms with Gasteiger partial charge < -0.3 is 14.2 Å². The summed E-state index contributed by atoms with van der Waals surface area (Å²) >= 11 is 0. The third-order valence-corrected chi connectivity index (χ3v) is 6.97. The van der Waals surface area contributed by atoms with Crippen molar-refractivity contribution in [3.05, 3.63) is 0 Å². The minimum absolute atomic E-state index is 0.392. The van der Waals surface area contributed by atoms with Crippen molar-refractivity contribution in [3.8, 4) is 0 Å². The van der Waals surface area contributed by atoms with E-state index >= 15 is 0 Å². The molecule has 0 aliphatic heterocycles. The zero-order chi connectivity index (χ0) is 38.5. The molecule has 0 heterocycles. The second kappa shape index (κ2) is 43.0. The molecule has 0 aromatic heterocycles. The molecule has 0 spiro atoms. The van der Waals surface area contributed by atoms with Crippen LogP contribution in [0.25, 0.3) is 0 Å². The van der Waals surface area contributed by atoms with Crippen molar-refractivity contribution >= 4 is 0 Å². The van der Waals surface area contributed by atoms with E-state index in [-0.39, 0.29) is 0 Å². The van der Waals surface area contributed by atoms with E-state index in [4.69, 9.17) is 14.2 Å². The van der Waals surface area contributed by atoms with E-state index < -0.39 is 0 Å². The molecule has 0 bridgehead atoms. The minimum Gasteiger partial charge on any atom is -0.381 e. The molecule has 298 valence electrons. The minimum atomic E-state index is 0.392. The molecule has 0 rings (SSSR count). The molecule has 3 nitrogen and oxygen atoms in total. The van der Waals surface area contributed by atoms with Crippen LogP contribution in [0.3, 0.4) is 0 Å². The normalized spacial score (nSPS) is 11.4. The van der Waals surface area contributed by atoms with Crippen molar-refractivity contribution in [1.29, 1.82) is 0 Å². The predicted molar refractivity (Wildman–Crippen MR) is 222 cm³/mol. The van der Waals surface area contributed by atoms with Crippen LogP contribution in [0.1, 0.15) is 203 Å². The van der Waals surface area contributed by atoms with Crippen LogP contribution in [0.2, 0.25) is 0 Å². The summed E-state index contributed by atoms with van der Waals surface area (Å²) in [7, 11) is 0. The fourth-order valence-electron chi connectivity index (χ4n) is 3.93. The lowest BCUT2D eigenvalue weighted by Gasteiger charge is -2.08. The van der Waals surface area contributed by atoms with Crippen LogP contribution in [0, 0.1) is 53.3 Å². The molecule has 0 aromatic carbocycles. The zero-order valence-corrected chi connectivity index (χ0v) is 37.6. The molecule has 0 aromatic rings. The predicted octanol–water partition coefficient (Wildman–Crippen LogP) is 15.2. The number of hydrogen-bond donors (Lipinski definition) is 0. The lowest BCUT2D eigenvalue weighted by Crippen LogP contribution is -2.06. The van der Waals surface area contributed by atoms with Gasteiger partial charge in [-0.05, 0) is 80.0 Å². The molecular weight excluding hydrogens is 588 g/mol. The van der Waals surface area contributed by atoms with Gasteiger partial charge in [0, 0.05) is 33.0 Å². The standard InChI is InChI=1S/C11H24.C9H20O.C9H20.2C8H18O/c1-10(2)8-6-5-7-9-11(3)4;1-8(2)5-6-10-7-9(3)4;1-8(2)6-5-7-9(3)4;1-7(2)5-9-6-8(3)4;1-7(2)5-6-9-8(3)4/h10-11H,5-9H2,1-4H3;8-9H,5-7H2,1-4H3;8-9H,5-7H2,1-4H3;2*7-8H,5-6H2,1-4H3. The fourth-order valence-corrected chi connectivity index (χ4v) is 3.93. The monoisotopic (exact) mass is 689 g/mol. The van der Waals surface area contributed by atoms with Gasteiger partial charge in [0.15, 0.2) is 0 Å². The van der Waals surface area contributed by atoms with E-state index in [0.717, 1.165) is 68.5 Å². The summed E-state index contributed by atoms with van der Waals surface area (Å²) in [5, 5.41) is 0. The quantitative estimate of drug-likeness (QED) is 0.100. The molecule has 0 fully saturated rings. The highest BCUT2D eigenvalue weighted by molar-refractivity contribution is 4.51. The van der Waals surface area contributed by atoms with Gasteiger partial charge in [0.2, 0.25) is 0 Å². The van der Waals surface area contributed by atoms with Crippen molar-refractivity contribution in [3.63, 3.8) is 0 Å². The van der Waals surface area contributed by atoms with Gasteiger partial charge in [0.05, 0.1) is 6.10 Å². The second-order valence-corrected chi connectivity index (χ2v) is 18.2. The van der Waals surface area contributed by atoms with E-state index in [1.54, 1.807) is 0 Å². The zero-order valence-electron chi connectivity index (χ0n) is 37.6. The molecule has 0 atom stereocenters. The summed E-state index contributed by atoms with van der Waals surface area (Å²) in [5.74, 6) is 7.13. The topological polar surface area (TPSA) is 27.7 Å². The Balaban J connectivity index is -0.000000161. The molecule has 0 amide bonds. The smallest absolute Gasteiger partial charge is 0.0518 e. The summed E-state index contributed by atoms with van der Waals surface area (Å²) in [4.78, 5) is 0. The van der Waals surface area contributed by atoms with E-state index in [0.29, 0.717) is 23.9 Å². The summed E-state index contributed by atoms with van der Waals surface area (Å²) in [6, 6.07) is 0. The first-order chi connectivity index (χ1) is 22.1. The molecular formula is C45H100O3. The van der Waals surface area contributed by atoms with E-state index in [2.05, 4.69) is 138 Å². The SMILES string of the molecule is CC(C)CCCC(C)C.CC(C)CCCCCC(C)C.CC(C)CCOC(C)C.CC(C)CCOCC(C)C.CC(C)COCC(C)C. The van der Waals surface area contributed by atoms with Crippen LogP contribution < -0.4 is 0 Å². The first kappa shape index (κ1) is 57.2. The average Bonchev–Trinajstić information content (AvgIpc) is 2.90. The number of ether oxygens (including phenoxy) is 3. The Hall–Kier alpha value is -0.120. The van der Waals surface area contributed by atoms with Gasteiger partial charge in [-0.3, -0.25) is 0 Å². The summed E-state index contributed by atoms with van der Waals surface area (Å²) in [5.41, 5.74) is 0. The van der Waals surface area contributed by atoms with Gasteiger partial charge in [-0.25, -0.2) is 0 Å². The fraction of sp³-hybridized carbons (Fsp3) is 1.00. The summed E-state index contributed by atoms with van der Waals surface area (Å²) in [6.07, 6.45) is 14.1. The lowest BCUT2D eigenvalue weighted by atomic mass is 10.0. The van der Waals surface area contributed by atoms with Crippen molar-refractivity contribution in [1.82, 2.24) is 0 Å². The van der Waals surface area contributed by atoms with Gasteiger partial charge in [0.1, 0.15) is 0 Å². The lowest BCUT2D eigenvalue weighted by molar-refractivity contribution is 0.0710. The molecule has 48 heavy (non-hydrogen) atoms. The van der Waals surface area contributed by atoms with E-state index in [1.165, 1.54) is 64.2 Å². The largest absolute Gasteiger partial charge is 0.381 e. The molecule has 0 unspecified atom stereocenters. The Kier molecular flexibility index (Phi) is 51.3. The summed E-state index contributed by atoms with van der Waals surface area (Å²) < 4.78 is 16.1. The Morgan fingerprint density at radius 2 is 0.562 bits per heavy atom. The summed E-state index contributed by atoms with van der Waals surface area (Å²) in [6.45, 7) is 49.0. The maximum atomic E-state index is 5.41. The van der Waals surface area contributed by atoms with Crippen LogP contribution >= 0.6 is 0 Å². The van der Waals surface area contributed by atoms with Gasteiger partial charge in [-0.15, -0.1) is 0 Å². The first-order valence-electron chi connectivity index (χ1n) is 20.9. The highest BCUT2D eigenvalue weighted by Crippen LogP contribution is 2.13. The molecule has 0 radical (unpaired) electrons. The molecule has 0 saturated carbocycles. The Morgan fingerprint density at radius 3 is 0.854 bits per heavy atom. The van der Waals surface area contributed by atoms with Crippen LogP contribution in [-0.4, -0.2) is 39.1 Å². The van der Waals surface area contributed by atoms with Crippen molar-refractivity contribution in [2.75, 3.05) is 33.0 Å². The number of hydrogen-bond acceptors (Lipinski definition) is 3. The van der Waals surface area contributed by atoms with Crippen molar-refractivity contribution < 1.29 is 14.2 Å². The first-order valence-corrected chi connectivity index (χ1v) is 20.9. The Labute approximate surface area is 308 Å². The van der Waals surface area contributed by atoms with Crippen molar-refractivity contribution in [2.24, 2.45) is 53.3 Å². The van der Waals surface area contributed by atoms with Crippen LogP contribution in [0.4, 0.5) is 0 Å². The van der Waals surface area contributed by atoms with Gasteiger partial charge in [0.25, 0.3) is 0 Å². The van der Waals surface area contributed by atoms with Gasteiger partial charge in [-0.2, -0.15) is 0 Å². The third kappa shape index (κ3) is 85.5. The molecule has 3 heteroatoms. The highest BCUT2D eigenvalue weighted by Gasteiger charge is 1.99. The number of unbranched alkanes of at least 4 members (excludes halogenated alkanes) is 2. The maximum Gasteiger partial charge on any atom is 0.0518 e. The van der Waals surface area contributed by atoms with Gasteiger partial charge >= 0.3 is 0 Å².